The van der Waals surface area contributed by atoms with Crippen LogP contribution in [0.1, 0.15) is 5.56 Å². The van der Waals surface area contributed by atoms with E-state index in [9.17, 15) is 8.78 Å². The number of nitriles is 1. The highest BCUT2D eigenvalue weighted by atomic mass is 35.5. The van der Waals surface area contributed by atoms with Crippen molar-refractivity contribution < 1.29 is 8.78 Å². The first-order valence-corrected chi connectivity index (χ1v) is 5.14. The molecule has 4 heteroatoms. The van der Waals surface area contributed by atoms with Gasteiger partial charge in [-0.15, -0.1) is 0 Å². The summed E-state index contributed by atoms with van der Waals surface area (Å²) >= 11 is 5.95. The van der Waals surface area contributed by atoms with Crippen LogP contribution in [0.3, 0.4) is 0 Å². The predicted molar refractivity (Wildman–Crippen MR) is 61.5 cm³/mol. The van der Waals surface area contributed by atoms with Crippen LogP contribution in [0.4, 0.5) is 8.78 Å². The van der Waals surface area contributed by atoms with Crippen molar-refractivity contribution in [2.45, 2.75) is 0 Å². The second kappa shape index (κ2) is 4.52. The molecular formula is C13H6ClF2N. The second-order valence-corrected chi connectivity index (χ2v) is 3.87. The fourth-order valence-corrected chi connectivity index (χ4v) is 1.82. The molecule has 2 aromatic rings. The van der Waals surface area contributed by atoms with Crippen molar-refractivity contribution in [2.75, 3.05) is 0 Å². The summed E-state index contributed by atoms with van der Waals surface area (Å²) in [6.45, 7) is 0. The largest absolute Gasteiger partial charge is 0.207 e. The smallest absolute Gasteiger partial charge is 0.126 e. The molecule has 2 rings (SSSR count). The Morgan fingerprint density at radius 2 is 1.65 bits per heavy atom. The van der Waals surface area contributed by atoms with Crippen LogP contribution >= 0.6 is 11.6 Å². The van der Waals surface area contributed by atoms with Crippen LogP contribution in [-0.4, -0.2) is 0 Å². The fraction of sp³-hybridized carbons (Fsp3) is 0. The van der Waals surface area contributed by atoms with Gasteiger partial charge in [0.05, 0.1) is 11.6 Å². The maximum atomic E-state index is 13.1. The first-order chi connectivity index (χ1) is 8.10. The molecule has 0 aliphatic heterocycles. The van der Waals surface area contributed by atoms with Gasteiger partial charge in [0.25, 0.3) is 0 Å². The molecule has 1 nitrogen and oxygen atoms in total. The maximum absolute atomic E-state index is 13.1. The van der Waals surface area contributed by atoms with E-state index in [-0.39, 0.29) is 5.02 Å². The lowest BCUT2D eigenvalue weighted by Crippen LogP contribution is -1.86. The van der Waals surface area contributed by atoms with Crippen LogP contribution in [0.15, 0.2) is 36.4 Å². The molecule has 0 saturated carbocycles. The molecule has 0 saturated heterocycles. The van der Waals surface area contributed by atoms with E-state index in [1.54, 1.807) is 12.1 Å². The third-order valence-corrected chi connectivity index (χ3v) is 2.58. The third-order valence-electron chi connectivity index (χ3n) is 2.27. The minimum atomic E-state index is -0.666. The molecule has 0 aliphatic carbocycles. The van der Waals surface area contributed by atoms with Crippen LogP contribution in [0.25, 0.3) is 11.1 Å². The summed E-state index contributed by atoms with van der Waals surface area (Å²) in [6, 6.07) is 9.68. The molecule has 0 heterocycles. The van der Waals surface area contributed by atoms with Crippen molar-refractivity contribution in [1.82, 2.24) is 0 Å². The Labute approximate surface area is 102 Å². The monoisotopic (exact) mass is 249 g/mol. The molecule has 2 aromatic carbocycles. The average molecular weight is 250 g/mol. The predicted octanol–water partition coefficient (Wildman–Crippen LogP) is 4.16. The molecule has 17 heavy (non-hydrogen) atoms. The summed E-state index contributed by atoms with van der Waals surface area (Å²) in [5.74, 6) is -1.33. The van der Waals surface area contributed by atoms with E-state index in [0.717, 1.165) is 6.07 Å². The summed E-state index contributed by atoms with van der Waals surface area (Å²) in [5.41, 5.74) is 1.23. The van der Waals surface area contributed by atoms with Crippen LogP contribution in [-0.2, 0) is 0 Å². The van der Waals surface area contributed by atoms with Gasteiger partial charge in [-0.05, 0) is 29.8 Å². The highest BCUT2D eigenvalue weighted by Crippen LogP contribution is 2.29. The topological polar surface area (TPSA) is 23.8 Å². The summed E-state index contributed by atoms with van der Waals surface area (Å²) in [7, 11) is 0. The Morgan fingerprint density at radius 3 is 2.18 bits per heavy atom. The van der Waals surface area contributed by atoms with Crippen molar-refractivity contribution in [3.63, 3.8) is 0 Å². The minimum absolute atomic E-state index is 0.286. The van der Waals surface area contributed by atoms with Gasteiger partial charge in [0.2, 0.25) is 0 Å². The van der Waals surface area contributed by atoms with E-state index in [0.29, 0.717) is 16.7 Å². The van der Waals surface area contributed by atoms with Crippen molar-refractivity contribution in [1.29, 1.82) is 5.26 Å². The Balaban J connectivity index is 2.57. The van der Waals surface area contributed by atoms with Gasteiger partial charge >= 0.3 is 0 Å². The molecule has 0 unspecified atom stereocenters. The third kappa shape index (κ3) is 2.43. The number of halogens is 3. The van der Waals surface area contributed by atoms with E-state index < -0.39 is 11.6 Å². The Hall–Kier alpha value is -1.92. The molecule has 0 fully saturated rings. The van der Waals surface area contributed by atoms with Crippen LogP contribution in [0.2, 0.25) is 5.02 Å². The number of rotatable bonds is 1. The van der Waals surface area contributed by atoms with Gasteiger partial charge in [0.1, 0.15) is 11.6 Å². The Morgan fingerprint density at radius 1 is 1.00 bits per heavy atom. The van der Waals surface area contributed by atoms with E-state index in [4.69, 9.17) is 16.9 Å². The fourth-order valence-electron chi connectivity index (χ4n) is 1.53. The van der Waals surface area contributed by atoms with E-state index in [2.05, 4.69) is 0 Å². The quantitative estimate of drug-likeness (QED) is 0.745. The molecule has 0 atom stereocenters. The van der Waals surface area contributed by atoms with Crippen molar-refractivity contribution in [3.8, 4) is 17.2 Å². The van der Waals surface area contributed by atoms with E-state index in [1.807, 2.05) is 6.07 Å². The normalized spacial score (nSPS) is 10.0. The van der Waals surface area contributed by atoms with Crippen LogP contribution in [0.5, 0.6) is 0 Å². The number of hydrogen-bond acceptors (Lipinski definition) is 1. The van der Waals surface area contributed by atoms with Crippen molar-refractivity contribution in [2.24, 2.45) is 0 Å². The van der Waals surface area contributed by atoms with Gasteiger partial charge in [-0.1, -0.05) is 17.7 Å². The van der Waals surface area contributed by atoms with Crippen LogP contribution in [0, 0.1) is 23.0 Å². The molecule has 0 amide bonds. The lowest BCUT2D eigenvalue weighted by atomic mass is 10.0. The highest BCUT2D eigenvalue weighted by Gasteiger charge is 2.07. The van der Waals surface area contributed by atoms with Gasteiger partial charge in [-0.3, -0.25) is 0 Å². The van der Waals surface area contributed by atoms with E-state index >= 15 is 0 Å². The zero-order valence-corrected chi connectivity index (χ0v) is 9.30. The SMILES string of the molecule is N#Cc1ccc(-c2cc(F)cc(F)c2)c(Cl)c1. The molecule has 0 N–H and O–H groups in total. The highest BCUT2D eigenvalue weighted by molar-refractivity contribution is 6.33. The average Bonchev–Trinajstić information content (AvgIpc) is 2.27. The van der Waals surface area contributed by atoms with Crippen LogP contribution < -0.4 is 0 Å². The number of hydrogen-bond donors (Lipinski definition) is 0. The van der Waals surface area contributed by atoms with Gasteiger partial charge in [-0.2, -0.15) is 5.26 Å². The molecule has 0 spiro atoms. The number of benzene rings is 2. The van der Waals surface area contributed by atoms with Gasteiger partial charge in [-0.25, -0.2) is 8.78 Å². The molecule has 0 radical (unpaired) electrons. The van der Waals surface area contributed by atoms with Gasteiger partial charge in [0.15, 0.2) is 0 Å². The molecule has 0 bridgehead atoms. The molecule has 0 aliphatic rings. The summed E-state index contributed by atoms with van der Waals surface area (Å²) in [4.78, 5) is 0. The zero-order valence-electron chi connectivity index (χ0n) is 8.55. The standard InChI is InChI=1S/C13H6ClF2N/c14-13-3-8(7-17)1-2-12(13)9-4-10(15)6-11(16)5-9/h1-6H. The minimum Gasteiger partial charge on any atom is -0.207 e. The lowest BCUT2D eigenvalue weighted by Gasteiger charge is -2.05. The zero-order chi connectivity index (χ0) is 12.4. The molecule has 84 valence electrons. The van der Waals surface area contributed by atoms with E-state index in [1.165, 1.54) is 18.2 Å². The first kappa shape index (κ1) is 11.6. The van der Waals surface area contributed by atoms with Gasteiger partial charge < -0.3 is 0 Å². The molecule has 0 aromatic heterocycles. The summed E-state index contributed by atoms with van der Waals surface area (Å²) in [5, 5.41) is 8.97. The summed E-state index contributed by atoms with van der Waals surface area (Å²) in [6.07, 6.45) is 0. The maximum Gasteiger partial charge on any atom is 0.126 e. The van der Waals surface area contributed by atoms with Gasteiger partial charge in [0, 0.05) is 16.7 Å². The second-order valence-electron chi connectivity index (χ2n) is 3.46. The lowest BCUT2D eigenvalue weighted by molar-refractivity contribution is 0.584. The Kier molecular flexibility index (Phi) is 3.08. The summed E-state index contributed by atoms with van der Waals surface area (Å²) < 4.78 is 26.1. The number of nitrogens with zero attached hydrogens (tertiary/aromatic N) is 1. The Bertz CT molecular complexity index is 597. The molecular weight excluding hydrogens is 244 g/mol. The first-order valence-electron chi connectivity index (χ1n) is 4.76. The van der Waals surface area contributed by atoms with Crippen molar-refractivity contribution in [3.05, 3.63) is 58.6 Å². The van der Waals surface area contributed by atoms with Crippen molar-refractivity contribution >= 4 is 11.6 Å².